The summed E-state index contributed by atoms with van der Waals surface area (Å²) in [6, 6.07) is 5.01. The first-order valence-electron chi connectivity index (χ1n) is 6.23. The van der Waals surface area contributed by atoms with Crippen molar-refractivity contribution in [3.05, 3.63) is 35.7 Å². The van der Waals surface area contributed by atoms with E-state index in [-0.39, 0.29) is 6.04 Å². The van der Waals surface area contributed by atoms with Crippen molar-refractivity contribution >= 4 is 5.82 Å². The Kier molecular flexibility index (Phi) is 3.50. The molecule has 0 spiro atoms. The summed E-state index contributed by atoms with van der Waals surface area (Å²) >= 11 is 0. The van der Waals surface area contributed by atoms with Crippen molar-refractivity contribution in [3.8, 4) is 11.3 Å². The number of aryl methyl sites for hydroxylation is 1. The van der Waals surface area contributed by atoms with E-state index >= 15 is 0 Å². The van der Waals surface area contributed by atoms with Crippen molar-refractivity contribution in [1.29, 1.82) is 0 Å². The van der Waals surface area contributed by atoms with Gasteiger partial charge in [-0.05, 0) is 32.9 Å². The number of halogens is 3. The molecule has 1 aromatic carbocycles. The second-order valence-corrected chi connectivity index (χ2v) is 4.93. The fraction of sp³-hybridized carbons (Fsp3) is 0.357. The average Bonchev–Trinajstić information content (AvgIpc) is 2.64. The van der Waals surface area contributed by atoms with Gasteiger partial charge in [-0.2, -0.15) is 13.2 Å². The van der Waals surface area contributed by atoms with E-state index < -0.39 is 11.7 Å². The molecule has 0 saturated heterocycles. The molecule has 1 aromatic heterocycles. The standard InChI is InChI=1S/C14H16F3N3/c1-8(2)20-9(3)19-12(13(20)18)10-4-6-11(7-5-10)14(15,16)17/h4-8H,18H2,1-3H3. The summed E-state index contributed by atoms with van der Waals surface area (Å²) in [7, 11) is 0. The Bertz CT molecular complexity index is 610. The summed E-state index contributed by atoms with van der Waals surface area (Å²) in [5.74, 6) is 1.21. The zero-order chi connectivity index (χ0) is 15.1. The lowest BCUT2D eigenvalue weighted by Gasteiger charge is -2.11. The van der Waals surface area contributed by atoms with Gasteiger partial charge >= 0.3 is 6.18 Å². The number of hydrogen-bond donors (Lipinski definition) is 1. The van der Waals surface area contributed by atoms with Crippen molar-refractivity contribution in [2.24, 2.45) is 0 Å². The number of nitrogens with zero attached hydrogens (tertiary/aromatic N) is 2. The summed E-state index contributed by atoms with van der Waals surface area (Å²) in [5, 5.41) is 0. The molecule has 0 aliphatic heterocycles. The van der Waals surface area contributed by atoms with E-state index in [0.29, 0.717) is 17.1 Å². The Balaban J connectivity index is 2.45. The van der Waals surface area contributed by atoms with Gasteiger partial charge in [0.15, 0.2) is 0 Å². The number of imidazole rings is 1. The van der Waals surface area contributed by atoms with E-state index in [1.165, 1.54) is 12.1 Å². The van der Waals surface area contributed by atoms with Gasteiger partial charge in [0.05, 0.1) is 5.56 Å². The predicted molar refractivity (Wildman–Crippen MR) is 72.2 cm³/mol. The van der Waals surface area contributed by atoms with Crippen LogP contribution in [0.25, 0.3) is 11.3 Å². The van der Waals surface area contributed by atoms with Gasteiger partial charge in [-0.3, -0.25) is 0 Å². The van der Waals surface area contributed by atoms with Crippen molar-refractivity contribution in [3.63, 3.8) is 0 Å². The molecule has 1 heterocycles. The fourth-order valence-electron chi connectivity index (χ4n) is 2.24. The van der Waals surface area contributed by atoms with Crippen molar-refractivity contribution in [2.75, 3.05) is 5.73 Å². The molecule has 108 valence electrons. The van der Waals surface area contributed by atoms with Gasteiger partial charge in [-0.25, -0.2) is 4.98 Å². The van der Waals surface area contributed by atoms with Gasteiger partial charge in [0.25, 0.3) is 0 Å². The third kappa shape index (κ3) is 2.50. The largest absolute Gasteiger partial charge is 0.416 e. The lowest BCUT2D eigenvalue weighted by atomic mass is 10.1. The molecule has 0 fully saturated rings. The Morgan fingerprint density at radius 2 is 1.70 bits per heavy atom. The SMILES string of the molecule is Cc1nc(-c2ccc(C(F)(F)F)cc2)c(N)n1C(C)C. The fourth-order valence-corrected chi connectivity index (χ4v) is 2.24. The minimum absolute atomic E-state index is 0.144. The van der Waals surface area contributed by atoms with Crippen LogP contribution in [0.4, 0.5) is 19.0 Å². The van der Waals surface area contributed by atoms with Crippen LogP contribution in [-0.4, -0.2) is 9.55 Å². The minimum Gasteiger partial charge on any atom is -0.383 e. The van der Waals surface area contributed by atoms with Crippen LogP contribution < -0.4 is 5.73 Å². The summed E-state index contributed by atoms with van der Waals surface area (Å²) in [6.07, 6.45) is -4.34. The van der Waals surface area contributed by atoms with E-state index in [4.69, 9.17) is 5.73 Å². The number of alkyl halides is 3. The highest BCUT2D eigenvalue weighted by atomic mass is 19.4. The lowest BCUT2D eigenvalue weighted by Crippen LogP contribution is -2.07. The minimum atomic E-state index is -4.34. The molecule has 0 amide bonds. The van der Waals surface area contributed by atoms with Crippen molar-refractivity contribution in [2.45, 2.75) is 33.0 Å². The lowest BCUT2D eigenvalue weighted by molar-refractivity contribution is -0.137. The van der Waals surface area contributed by atoms with Crippen LogP contribution >= 0.6 is 0 Å². The molecule has 0 aliphatic carbocycles. The molecular weight excluding hydrogens is 267 g/mol. The summed E-state index contributed by atoms with van der Waals surface area (Å²) in [5.41, 5.74) is 6.46. The highest BCUT2D eigenvalue weighted by molar-refractivity contribution is 5.71. The molecule has 0 aliphatic rings. The highest BCUT2D eigenvalue weighted by Crippen LogP contribution is 2.33. The number of hydrogen-bond acceptors (Lipinski definition) is 2. The maximum atomic E-state index is 12.5. The molecule has 2 rings (SSSR count). The van der Waals surface area contributed by atoms with E-state index in [9.17, 15) is 13.2 Å². The molecule has 0 bridgehead atoms. The number of benzene rings is 1. The zero-order valence-corrected chi connectivity index (χ0v) is 11.5. The van der Waals surface area contributed by atoms with Crippen LogP contribution in [-0.2, 0) is 6.18 Å². The Labute approximate surface area is 115 Å². The molecule has 0 radical (unpaired) electrons. The smallest absolute Gasteiger partial charge is 0.383 e. The predicted octanol–water partition coefficient (Wildman–Crippen LogP) is 4.04. The summed E-state index contributed by atoms with van der Waals surface area (Å²) in [6.45, 7) is 5.77. The topological polar surface area (TPSA) is 43.8 Å². The average molecular weight is 283 g/mol. The monoisotopic (exact) mass is 283 g/mol. The van der Waals surface area contributed by atoms with Gasteiger partial charge in [-0.1, -0.05) is 12.1 Å². The Morgan fingerprint density at radius 1 is 1.15 bits per heavy atom. The Hall–Kier alpha value is -1.98. The van der Waals surface area contributed by atoms with Crippen LogP contribution in [0.2, 0.25) is 0 Å². The van der Waals surface area contributed by atoms with E-state index in [1.54, 1.807) is 0 Å². The molecule has 0 atom stereocenters. The van der Waals surface area contributed by atoms with Gasteiger partial charge in [0, 0.05) is 11.6 Å². The maximum absolute atomic E-state index is 12.5. The zero-order valence-electron chi connectivity index (χ0n) is 11.5. The first-order chi connectivity index (χ1) is 9.21. The highest BCUT2D eigenvalue weighted by Gasteiger charge is 2.30. The van der Waals surface area contributed by atoms with E-state index in [1.807, 2.05) is 25.3 Å². The van der Waals surface area contributed by atoms with Gasteiger partial charge in [0.2, 0.25) is 0 Å². The molecule has 2 N–H and O–H groups in total. The van der Waals surface area contributed by atoms with Crippen molar-refractivity contribution in [1.82, 2.24) is 9.55 Å². The molecule has 0 saturated carbocycles. The maximum Gasteiger partial charge on any atom is 0.416 e. The van der Waals surface area contributed by atoms with E-state index in [2.05, 4.69) is 4.98 Å². The van der Waals surface area contributed by atoms with Gasteiger partial charge in [0.1, 0.15) is 17.3 Å². The van der Waals surface area contributed by atoms with E-state index in [0.717, 1.165) is 18.0 Å². The number of nitrogens with two attached hydrogens (primary N) is 1. The second-order valence-electron chi connectivity index (χ2n) is 4.93. The third-order valence-electron chi connectivity index (χ3n) is 3.13. The molecule has 20 heavy (non-hydrogen) atoms. The summed E-state index contributed by atoms with van der Waals surface area (Å²) < 4.78 is 39.4. The molecule has 6 heteroatoms. The van der Waals surface area contributed by atoms with Gasteiger partial charge < -0.3 is 10.3 Å². The molecule has 2 aromatic rings. The van der Waals surface area contributed by atoms with Crippen LogP contribution in [0.5, 0.6) is 0 Å². The third-order valence-corrected chi connectivity index (χ3v) is 3.13. The number of anilines is 1. The molecule has 3 nitrogen and oxygen atoms in total. The first-order valence-corrected chi connectivity index (χ1v) is 6.23. The van der Waals surface area contributed by atoms with Crippen LogP contribution in [0, 0.1) is 6.92 Å². The Morgan fingerprint density at radius 3 is 2.10 bits per heavy atom. The second kappa shape index (κ2) is 4.85. The normalized spacial score (nSPS) is 12.2. The number of nitrogen functional groups attached to an aromatic ring is 1. The van der Waals surface area contributed by atoms with Crippen LogP contribution in [0.1, 0.15) is 31.3 Å². The first kappa shape index (κ1) is 14.4. The van der Waals surface area contributed by atoms with Crippen LogP contribution in [0.15, 0.2) is 24.3 Å². The number of rotatable bonds is 2. The molecular formula is C14H16F3N3. The molecule has 0 unspecified atom stereocenters. The quantitative estimate of drug-likeness (QED) is 0.904. The summed E-state index contributed by atoms with van der Waals surface area (Å²) in [4.78, 5) is 4.35. The van der Waals surface area contributed by atoms with Crippen LogP contribution in [0.3, 0.4) is 0 Å². The number of aromatic nitrogens is 2. The van der Waals surface area contributed by atoms with Crippen molar-refractivity contribution < 1.29 is 13.2 Å². The van der Waals surface area contributed by atoms with Gasteiger partial charge in [-0.15, -0.1) is 0 Å².